The number of hydrogen-bond acceptors (Lipinski definition) is 5. The summed E-state index contributed by atoms with van der Waals surface area (Å²) < 4.78 is 0. The number of rotatable bonds is 4. The SMILES string of the molecule is OCC(O)N1CCN(C(O)C2CC3=C(CCC(Cl)=C3)C2)CC1. The molecule has 3 aliphatic rings. The Balaban J connectivity index is 1.53. The van der Waals surface area contributed by atoms with Gasteiger partial charge in [-0.05, 0) is 37.3 Å². The van der Waals surface area contributed by atoms with Crippen LogP contribution in [0.1, 0.15) is 25.7 Å². The molecule has 1 saturated heterocycles. The Kier molecular flexibility index (Phi) is 5.22. The molecule has 0 bridgehead atoms. The number of halogens is 1. The maximum absolute atomic E-state index is 10.7. The van der Waals surface area contributed by atoms with E-state index in [1.165, 1.54) is 11.1 Å². The largest absolute Gasteiger partial charge is 0.392 e. The molecule has 1 aliphatic heterocycles. The molecule has 0 aromatic carbocycles. The van der Waals surface area contributed by atoms with E-state index >= 15 is 0 Å². The van der Waals surface area contributed by atoms with Gasteiger partial charge in [0.2, 0.25) is 0 Å². The summed E-state index contributed by atoms with van der Waals surface area (Å²) in [6.07, 6.45) is 4.70. The fourth-order valence-electron chi connectivity index (χ4n) is 3.83. The van der Waals surface area contributed by atoms with Crippen molar-refractivity contribution in [3.05, 3.63) is 22.3 Å². The summed E-state index contributed by atoms with van der Waals surface area (Å²) in [7, 11) is 0. The first-order valence-electron chi connectivity index (χ1n) is 8.10. The first-order chi connectivity index (χ1) is 10.6. The van der Waals surface area contributed by atoms with E-state index in [0.717, 1.165) is 43.8 Å². The molecule has 5 nitrogen and oxygen atoms in total. The molecule has 3 atom stereocenters. The number of aliphatic hydroxyl groups excluding tert-OH is 3. The van der Waals surface area contributed by atoms with Crippen molar-refractivity contribution in [3.63, 3.8) is 0 Å². The number of aliphatic hydroxyl groups is 3. The number of piperazine rings is 1. The van der Waals surface area contributed by atoms with E-state index in [-0.39, 0.29) is 12.5 Å². The van der Waals surface area contributed by atoms with Crippen LogP contribution < -0.4 is 0 Å². The summed E-state index contributed by atoms with van der Waals surface area (Å²) in [4.78, 5) is 3.94. The number of nitrogens with zero attached hydrogens (tertiary/aromatic N) is 2. The first-order valence-corrected chi connectivity index (χ1v) is 8.48. The zero-order chi connectivity index (χ0) is 15.7. The van der Waals surface area contributed by atoms with Crippen molar-refractivity contribution in [3.8, 4) is 0 Å². The van der Waals surface area contributed by atoms with E-state index in [9.17, 15) is 10.2 Å². The van der Waals surface area contributed by atoms with Crippen LogP contribution in [0.25, 0.3) is 0 Å². The fraction of sp³-hybridized carbons (Fsp3) is 0.750. The van der Waals surface area contributed by atoms with Gasteiger partial charge in [0.05, 0.1) is 6.61 Å². The first kappa shape index (κ1) is 16.4. The van der Waals surface area contributed by atoms with Crippen molar-refractivity contribution >= 4 is 11.6 Å². The Hall–Kier alpha value is -0.430. The molecule has 0 saturated carbocycles. The molecular formula is C16H25ClN2O3. The normalized spacial score (nSPS) is 30.2. The van der Waals surface area contributed by atoms with E-state index in [1.54, 1.807) is 0 Å². The van der Waals surface area contributed by atoms with Crippen LogP contribution in [0.5, 0.6) is 0 Å². The molecule has 124 valence electrons. The van der Waals surface area contributed by atoms with Gasteiger partial charge in [-0.15, -0.1) is 0 Å². The van der Waals surface area contributed by atoms with Crippen molar-refractivity contribution in [2.24, 2.45) is 5.92 Å². The van der Waals surface area contributed by atoms with Gasteiger partial charge in [0.15, 0.2) is 0 Å². The molecule has 1 fully saturated rings. The van der Waals surface area contributed by atoms with E-state index in [2.05, 4.69) is 11.0 Å². The summed E-state index contributed by atoms with van der Waals surface area (Å²) in [5, 5.41) is 30.3. The van der Waals surface area contributed by atoms with Gasteiger partial charge in [0, 0.05) is 37.1 Å². The lowest BCUT2D eigenvalue weighted by Crippen LogP contribution is -2.55. The van der Waals surface area contributed by atoms with Gasteiger partial charge < -0.3 is 15.3 Å². The molecule has 6 heteroatoms. The maximum atomic E-state index is 10.7. The third-order valence-corrected chi connectivity index (χ3v) is 5.47. The van der Waals surface area contributed by atoms with Crippen molar-refractivity contribution in [1.82, 2.24) is 9.80 Å². The molecule has 2 aliphatic carbocycles. The Bertz CT molecular complexity index is 472. The van der Waals surface area contributed by atoms with Crippen molar-refractivity contribution in [1.29, 1.82) is 0 Å². The summed E-state index contributed by atoms with van der Waals surface area (Å²) in [6.45, 7) is 2.54. The lowest BCUT2D eigenvalue weighted by Gasteiger charge is -2.40. The predicted octanol–water partition coefficient (Wildman–Crippen LogP) is 0.856. The second-order valence-corrected chi connectivity index (χ2v) is 7.02. The Morgan fingerprint density at radius 1 is 1.09 bits per heavy atom. The van der Waals surface area contributed by atoms with Crippen LogP contribution in [-0.4, -0.2) is 70.4 Å². The van der Waals surface area contributed by atoms with Crippen LogP contribution in [0, 0.1) is 5.92 Å². The topological polar surface area (TPSA) is 67.2 Å². The minimum atomic E-state index is -0.785. The Morgan fingerprint density at radius 3 is 2.45 bits per heavy atom. The molecule has 3 N–H and O–H groups in total. The highest BCUT2D eigenvalue weighted by atomic mass is 35.5. The number of allylic oxidation sites excluding steroid dienone is 4. The van der Waals surface area contributed by atoms with Crippen molar-refractivity contribution in [2.75, 3.05) is 32.8 Å². The van der Waals surface area contributed by atoms with Gasteiger partial charge in [0.25, 0.3) is 0 Å². The van der Waals surface area contributed by atoms with Gasteiger partial charge in [-0.2, -0.15) is 0 Å². The zero-order valence-electron chi connectivity index (χ0n) is 12.8. The predicted molar refractivity (Wildman–Crippen MR) is 85.2 cm³/mol. The molecule has 0 radical (unpaired) electrons. The fourth-order valence-corrected chi connectivity index (χ4v) is 4.05. The molecule has 3 rings (SSSR count). The third-order valence-electron chi connectivity index (χ3n) is 5.17. The van der Waals surface area contributed by atoms with Gasteiger partial charge in [-0.3, -0.25) is 9.80 Å². The summed E-state index contributed by atoms with van der Waals surface area (Å²) in [5.41, 5.74) is 2.79. The van der Waals surface area contributed by atoms with Crippen molar-refractivity contribution in [2.45, 2.75) is 38.1 Å². The second-order valence-electron chi connectivity index (χ2n) is 6.54. The molecular weight excluding hydrogens is 304 g/mol. The molecule has 3 unspecified atom stereocenters. The zero-order valence-corrected chi connectivity index (χ0v) is 13.5. The molecule has 1 heterocycles. The summed E-state index contributed by atoms with van der Waals surface area (Å²) in [5.74, 6) is 0.248. The molecule has 0 amide bonds. The Labute approximate surface area is 136 Å². The monoisotopic (exact) mass is 328 g/mol. The van der Waals surface area contributed by atoms with Crippen LogP contribution in [0.4, 0.5) is 0 Å². The van der Waals surface area contributed by atoms with Gasteiger partial charge in [-0.25, -0.2) is 0 Å². The van der Waals surface area contributed by atoms with Crippen LogP contribution in [0.15, 0.2) is 22.3 Å². The lowest BCUT2D eigenvalue weighted by molar-refractivity contribution is -0.0979. The standard InChI is InChI=1S/C16H25ClN2O3/c17-14-2-1-11-7-13(8-12(11)9-14)16(22)19-5-3-18(4-6-19)15(21)10-20/h9,13,15-16,20-22H,1-8,10H2. The molecule has 0 aromatic rings. The summed E-state index contributed by atoms with van der Waals surface area (Å²) in [6, 6.07) is 0. The van der Waals surface area contributed by atoms with E-state index in [1.807, 2.05) is 4.90 Å². The average molecular weight is 329 g/mol. The van der Waals surface area contributed by atoms with E-state index in [0.29, 0.717) is 13.1 Å². The second kappa shape index (κ2) is 6.99. The quantitative estimate of drug-likeness (QED) is 0.714. The highest BCUT2D eigenvalue weighted by Gasteiger charge is 2.34. The lowest BCUT2D eigenvalue weighted by atomic mass is 9.99. The summed E-state index contributed by atoms with van der Waals surface area (Å²) >= 11 is 6.12. The van der Waals surface area contributed by atoms with Crippen LogP contribution in [-0.2, 0) is 0 Å². The molecule has 0 spiro atoms. The average Bonchev–Trinajstić information content (AvgIpc) is 2.96. The van der Waals surface area contributed by atoms with Crippen LogP contribution >= 0.6 is 11.6 Å². The van der Waals surface area contributed by atoms with Gasteiger partial charge in [-0.1, -0.05) is 17.2 Å². The molecule has 22 heavy (non-hydrogen) atoms. The third kappa shape index (κ3) is 3.40. The minimum Gasteiger partial charge on any atom is -0.392 e. The van der Waals surface area contributed by atoms with Crippen LogP contribution in [0.3, 0.4) is 0 Å². The van der Waals surface area contributed by atoms with Gasteiger partial charge in [0.1, 0.15) is 12.5 Å². The smallest absolute Gasteiger partial charge is 0.130 e. The van der Waals surface area contributed by atoms with E-state index in [4.69, 9.17) is 16.7 Å². The highest BCUT2D eigenvalue weighted by Crippen LogP contribution is 2.41. The minimum absolute atomic E-state index is 0.241. The highest BCUT2D eigenvalue weighted by molar-refractivity contribution is 6.29. The molecule has 0 aromatic heterocycles. The maximum Gasteiger partial charge on any atom is 0.130 e. The Morgan fingerprint density at radius 2 is 1.77 bits per heavy atom. The number of hydrogen-bond donors (Lipinski definition) is 3. The van der Waals surface area contributed by atoms with Crippen molar-refractivity contribution < 1.29 is 15.3 Å². The van der Waals surface area contributed by atoms with Gasteiger partial charge >= 0.3 is 0 Å². The van der Waals surface area contributed by atoms with Crippen LogP contribution in [0.2, 0.25) is 0 Å². The van der Waals surface area contributed by atoms with E-state index < -0.39 is 12.5 Å².